The number of aryl methyl sites for hydroxylation is 1. The molecule has 1 aromatic carbocycles. The summed E-state index contributed by atoms with van der Waals surface area (Å²) in [4.78, 5) is 8.98. The van der Waals surface area contributed by atoms with Crippen LogP contribution in [0.2, 0.25) is 0 Å². The lowest BCUT2D eigenvalue weighted by Crippen LogP contribution is -1.95. The maximum Gasteiger partial charge on any atom is 0.139 e. The number of nitrogens with two attached hydrogens (primary N) is 1. The second-order valence-corrected chi connectivity index (χ2v) is 5.19. The molecule has 0 bridgehead atoms. The SMILES string of the molecule is Cc1ccc2nc(-c3cncc4ccccc34)c(N)n2c1. The average Bonchev–Trinajstić information content (AvgIpc) is 2.83. The average molecular weight is 274 g/mol. The number of anilines is 1. The van der Waals surface area contributed by atoms with Crippen molar-refractivity contribution in [3.8, 4) is 11.3 Å². The van der Waals surface area contributed by atoms with Gasteiger partial charge in [0, 0.05) is 29.5 Å². The molecule has 3 aromatic heterocycles. The van der Waals surface area contributed by atoms with Crippen molar-refractivity contribution in [3.63, 3.8) is 0 Å². The van der Waals surface area contributed by atoms with Crippen molar-refractivity contribution in [2.45, 2.75) is 6.92 Å². The number of fused-ring (bicyclic) bond motifs is 2. The lowest BCUT2D eigenvalue weighted by atomic mass is 10.1. The van der Waals surface area contributed by atoms with E-state index in [-0.39, 0.29) is 0 Å². The van der Waals surface area contributed by atoms with Crippen LogP contribution in [0.4, 0.5) is 5.82 Å². The Bertz CT molecular complexity index is 964. The fraction of sp³-hybridized carbons (Fsp3) is 0.0588. The Morgan fingerprint density at radius 1 is 1.05 bits per heavy atom. The largest absolute Gasteiger partial charge is 0.383 e. The lowest BCUT2D eigenvalue weighted by molar-refractivity contribution is 1.16. The van der Waals surface area contributed by atoms with E-state index in [9.17, 15) is 0 Å². The van der Waals surface area contributed by atoms with Crippen LogP contribution in [0.3, 0.4) is 0 Å². The van der Waals surface area contributed by atoms with E-state index in [2.05, 4.69) is 16.0 Å². The first kappa shape index (κ1) is 11.9. The van der Waals surface area contributed by atoms with Gasteiger partial charge in [0.15, 0.2) is 0 Å². The highest BCUT2D eigenvalue weighted by Crippen LogP contribution is 2.31. The number of hydrogen-bond acceptors (Lipinski definition) is 3. The molecule has 0 fully saturated rings. The fourth-order valence-corrected chi connectivity index (χ4v) is 2.67. The molecule has 4 rings (SSSR count). The Balaban J connectivity index is 2.07. The van der Waals surface area contributed by atoms with Crippen molar-refractivity contribution in [3.05, 3.63) is 60.6 Å². The number of imidazole rings is 1. The van der Waals surface area contributed by atoms with Crippen molar-refractivity contribution < 1.29 is 0 Å². The van der Waals surface area contributed by atoms with Crippen LogP contribution in [0.25, 0.3) is 27.7 Å². The molecule has 21 heavy (non-hydrogen) atoms. The number of benzene rings is 1. The molecule has 0 aliphatic carbocycles. The van der Waals surface area contributed by atoms with E-state index in [1.807, 2.05) is 60.2 Å². The summed E-state index contributed by atoms with van der Waals surface area (Å²) >= 11 is 0. The van der Waals surface area contributed by atoms with E-state index in [0.29, 0.717) is 5.82 Å². The van der Waals surface area contributed by atoms with Crippen LogP contribution in [-0.2, 0) is 0 Å². The molecule has 4 nitrogen and oxygen atoms in total. The summed E-state index contributed by atoms with van der Waals surface area (Å²) in [5.74, 6) is 0.645. The lowest BCUT2D eigenvalue weighted by Gasteiger charge is -2.04. The molecule has 0 saturated carbocycles. The zero-order valence-corrected chi connectivity index (χ0v) is 11.6. The maximum atomic E-state index is 6.30. The van der Waals surface area contributed by atoms with Crippen molar-refractivity contribution >= 4 is 22.2 Å². The third kappa shape index (κ3) is 1.76. The van der Waals surface area contributed by atoms with Crippen molar-refractivity contribution in [1.82, 2.24) is 14.4 Å². The van der Waals surface area contributed by atoms with Gasteiger partial charge in [-0.15, -0.1) is 0 Å². The molecule has 0 aliphatic rings. The summed E-state index contributed by atoms with van der Waals surface area (Å²) in [6.07, 6.45) is 5.68. The van der Waals surface area contributed by atoms with Crippen LogP contribution in [0, 0.1) is 6.92 Å². The number of rotatable bonds is 1. The first-order chi connectivity index (χ1) is 10.2. The van der Waals surface area contributed by atoms with E-state index >= 15 is 0 Å². The van der Waals surface area contributed by atoms with Gasteiger partial charge in [0.1, 0.15) is 17.2 Å². The summed E-state index contributed by atoms with van der Waals surface area (Å²) in [6.45, 7) is 2.04. The summed E-state index contributed by atoms with van der Waals surface area (Å²) in [5.41, 5.74) is 10.0. The second kappa shape index (κ2) is 4.31. The zero-order chi connectivity index (χ0) is 14.4. The van der Waals surface area contributed by atoms with Crippen molar-refractivity contribution in [1.29, 1.82) is 0 Å². The van der Waals surface area contributed by atoms with Gasteiger partial charge in [-0.1, -0.05) is 30.3 Å². The predicted octanol–water partition coefficient (Wildman–Crippen LogP) is 3.44. The summed E-state index contributed by atoms with van der Waals surface area (Å²) in [6, 6.07) is 12.1. The molecule has 0 aliphatic heterocycles. The summed E-state index contributed by atoms with van der Waals surface area (Å²) in [7, 11) is 0. The van der Waals surface area contributed by atoms with E-state index in [1.54, 1.807) is 0 Å². The summed E-state index contributed by atoms with van der Waals surface area (Å²) < 4.78 is 1.92. The molecule has 0 saturated heterocycles. The molecule has 0 atom stereocenters. The smallest absolute Gasteiger partial charge is 0.139 e. The third-order valence-corrected chi connectivity index (χ3v) is 3.73. The number of nitrogen functional groups attached to an aromatic ring is 1. The summed E-state index contributed by atoms with van der Waals surface area (Å²) in [5, 5.41) is 2.20. The Kier molecular flexibility index (Phi) is 2.44. The molecule has 0 unspecified atom stereocenters. The predicted molar refractivity (Wildman–Crippen MR) is 85.1 cm³/mol. The quantitative estimate of drug-likeness (QED) is 0.578. The van der Waals surface area contributed by atoms with Gasteiger partial charge in [-0.2, -0.15) is 0 Å². The third-order valence-electron chi connectivity index (χ3n) is 3.73. The van der Waals surface area contributed by atoms with Crippen LogP contribution in [-0.4, -0.2) is 14.4 Å². The Morgan fingerprint density at radius 2 is 1.90 bits per heavy atom. The molecule has 102 valence electrons. The van der Waals surface area contributed by atoms with Crippen molar-refractivity contribution in [2.24, 2.45) is 0 Å². The van der Waals surface area contributed by atoms with Gasteiger partial charge in [-0.3, -0.25) is 9.38 Å². The van der Waals surface area contributed by atoms with Gasteiger partial charge in [-0.05, 0) is 23.9 Å². The van der Waals surface area contributed by atoms with Crippen LogP contribution in [0.15, 0.2) is 55.0 Å². The van der Waals surface area contributed by atoms with Crippen LogP contribution in [0.1, 0.15) is 5.56 Å². The molecular weight excluding hydrogens is 260 g/mol. The Hall–Kier alpha value is -2.88. The van der Waals surface area contributed by atoms with Gasteiger partial charge >= 0.3 is 0 Å². The number of aromatic nitrogens is 3. The van der Waals surface area contributed by atoms with E-state index in [0.717, 1.165) is 33.2 Å². The van der Waals surface area contributed by atoms with E-state index in [1.165, 1.54) is 0 Å². The Labute approximate surface area is 121 Å². The second-order valence-electron chi connectivity index (χ2n) is 5.19. The minimum Gasteiger partial charge on any atom is -0.383 e. The van der Waals surface area contributed by atoms with E-state index < -0.39 is 0 Å². The molecule has 2 N–H and O–H groups in total. The molecule has 0 radical (unpaired) electrons. The number of pyridine rings is 2. The first-order valence-corrected chi connectivity index (χ1v) is 6.81. The standard InChI is InChI=1S/C17H14N4/c1-11-6-7-15-20-16(17(18)21(15)10-11)14-9-19-8-12-4-2-3-5-13(12)14/h2-10H,18H2,1H3. The van der Waals surface area contributed by atoms with Crippen LogP contribution in [0.5, 0.6) is 0 Å². The zero-order valence-electron chi connectivity index (χ0n) is 11.6. The van der Waals surface area contributed by atoms with Gasteiger partial charge in [-0.25, -0.2) is 4.98 Å². The van der Waals surface area contributed by atoms with Gasteiger partial charge in [0.05, 0.1) is 0 Å². The van der Waals surface area contributed by atoms with Gasteiger partial charge < -0.3 is 5.73 Å². The topological polar surface area (TPSA) is 56.2 Å². The van der Waals surface area contributed by atoms with E-state index in [4.69, 9.17) is 5.73 Å². The molecule has 4 aromatic rings. The maximum absolute atomic E-state index is 6.30. The van der Waals surface area contributed by atoms with Crippen molar-refractivity contribution in [2.75, 3.05) is 5.73 Å². The monoisotopic (exact) mass is 274 g/mol. The molecule has 3 heterocycles. The minimum absolute atomic E-state index is 0.645. The number of nitrogens with zero attached hydrogens (tertiary/aromatic N) is 3. The normalized spacial score (nSPS) is 11.3. The highest BCUT2D eigenvalue weighted by atomic mass is 15.1. The van der Waals surface area contributed by atoms with Crippen LogP contribution < -0.4 is 5.73 Å². The molecule has 0 spiro atoms. The highest BCUT2D eigenvalue weighted by Gasteiger charge is 2.14. The van der Waals surface area contributed by atoms with Gasteiger partial charge in [0.2, 0.25) is 0 Å². The molecule has 4 heteroatoms. The first-order valence-electron chi connectivity index (χ1n) is 6.81. The molecular formula is C17H14N4. The highest BCUT2D eigenvalue weighted by molar-refractivity contribution is 5.97. The number of hydrogen-bond donors (Lipinski definition) is 1. The Morgan fingerprint density at radius 3 is 2.81 bits per heavy atom. The van der Waals surface area contributed by atoms with Crippen LogP contribution >= 0.6 is 0 Å². The fourth-order valence-electron chi connectivity index (χ4n) is 2.67. The van der Waals surface area contributed by atoms with Gasteiger partial charge in [0.25, 0.3) is 0 Å². The minimum atomic E-state index is 0.645. The molecule has 0 amide bonds.